The zero-order valence-corrected chi connectivity index (χ0v) is 11.0. The van der Waals surface area contributed by atoms with E-state index in [-0.39, 0.29) is 24.2 Å². The average Bonchev–Trinajstić information content (AvgIpc) is 2.91. The average molecular weight is 273 g/mol. The van der Waals surface area contributed by atoms with Crippen LogP contribution in [0.3, 0.4) is 0 Å². The second kappa shape index (κ2) is 5.45. The highest BCUT2D eigenvalue weighted by Gasteiger charge is 2.23. The molecule has 1 heterocycles. The van der Waals surface area contributed by atoms with Gasteiger partial charge in [0.1, 0.15) is 5.82 Å². The first-order chi connectivity index (χ1) is 9.74. The molecule has 0 saturated carbocycles. The van der Waals surface area contributed by atoms with Crippen LogP contribution < -0.4 is 5.32 Å². The van der Waals surface area contributed by atoms with E-state index >= 15 is 0 Å². The normalized spacial score (nSPS) is 17.6. The second-order valence-corrected chi connectivity index (χ2v) is 5.09. The Hall–Kier alpha value is -2.17. The third-order valence-electron chi connectivity index (χ3n) is 3.68. The maximum Gasteiger partial charge on any atom is 0.225 e. The summed E-state index contributed by atoms with van der Waals surface area (Å²) >= 11 is 0. The van der Waals surface area contributed by atoms with E-state index in [0.29, 0.717) is 5.56 Å². The maximum absolute atomic E-state index is 13.5. The lowest BCUT2D eigenvalue weighted by atomic mass is 9.93. The molecule has 20 heavy (non-hydrogen) atoms. The number of aryl methyl sites for hydroxylation is 1. The number of hydrogen-bond donors (Lipinski definition) is 2. The number of aromatic nitrogens is 2. The summed E-state index contributed by atoms with van der Waals surface area (Å²) in [7, 11) is 0. The van der Waals surface area contributed by atoms with Gasteiger partial charge in [-0.25, -0.2) is 4.39 Å². The van der Waals surface area contributed by atoms with Gasteiger partial charge in [0.05, 0.1) is 24.4 Å². The molecule has 3 rings (SSSR count). The summed E-state index contributed by atoms with van der Waals surface area (Å²) in [5, 5.41) is 9.93. The molecule has 1 aliphatic carbocycles. The largest absolute Gasteiger partial charge is 0.347 e. The van der Waals surface area contributed by atoms with Crippen molar-refractivity contribution in [1.82, 2.24) is 15.5 Å². The molecule has 0 bridgehead atoms. The van der Waals surface area contributed by atoms with Crippen molar-refractivity contribution < 1.29 is 9.18 Å². The fourth-order valence-electron chi connectivity index (χ4n) is 2.67. The number of nitrogens with one attached hydrogen (secondary N) is 2. The topological polar surface area (TPSA) is 57.8 Å². The molecule has 1 aromatic heterocycles. The Morgan fingerprint density at radius 2 is 2.30 bits per heavy atom. The van der Waals surface area contributed by atoms with Gasteiger partial charge in [-0.2, -0.15) is 5.10 Å². The van der Waals surface area contributed by atoms with Gasteiger partial charge in [0, 0.05) is 0 Å². The van der Waals surface area contributed by atoms with Gasteiger partial charge >= 0.3 is 0 Å². The third kappa shape index (κ3) is 2.57. The standard InChI is InChI=1S/C15H16FN3O/c16-12-6-2-1-4-10(12)8-14(20)18-13-7-3-5-11-9-17-19-15(11)13/h1-2,4,6,9,13H,3,5,7-8H2,(H,17,19)(H,18,20). The summed E-state index contributed by atoms with van der Waals surface area (Å²) in [5.74, 6) is -0.504. The first kappa shape index (κ1) is 12.8. The Labute approximate surface area is 116 Å². The summed E-state index contributed by atoms with van der Waals surface area (Å²) in [6, 6.07) is 6.32. The SMILES string of the molecule is O=C(Cc1ccccc1F)NC1CCCc2cn[nH]c21. The van der Waals surface area contributed by atoms with Crippen LogP contribution in [0.4, 0.5) is 4.39 Å². The minimum Gasteiger partial charge on any atom is -0.347 e. The van der Waals surface area contributed by atoms with Crippen molar-refractivity contribution in [3.63, 3.8) is 0 Å². The van der Waals surface area contributed by atoms with Crippen molar-refractivity contribution in [2.24, 2.45) is 0 Å². The van der Waals surface area contributed by atoms with E-state index in [2.05, 4.69) is 15.5 Å². The zero-order valence-electron chi connectivity index (χ0n) is 11.0. The van der Waals surface area contributed by atoms with Crippen molar-refractivity contribution in [2.45, 2.75) is 31.7 Å². The van der Waals surface area contributed by atoms with Crippen LogP contribution in [0.1, 0.15) is 35.7 Å². The van der Waals surface area contributed by atoms with Crippen LogP contribution in [0.25, 0.3) is 0 Å². The van der Waals surface area contributed by atoms with Crippen LogP contribution >= 0.6 is 0 Å². The molecule has 104 valence electrons. The molecule has 0 radical (unpaired) electrons. The number of benzene rings is 1. The molecule has 1 aromatic carbocycles. The minimum atomic E-state index is -0.339. The summed E-state index contributed by atoms with van der Waals surface area (Å²) in [6.07, 6.45) is 4.78. The van der Waals surface area contributed by atoms with Crippen LogP contribution in [0, 0.1) is 5.82 Å². The molecular weight excluding hydrogens is 257 g/mol. The number of H-pyrrole nitrogens is 1. The first-order valence-corrected chi connectivity index (χ1v) is 6.79. The molecule has 1 atom stereocenters. The van der Waals surface area contributed by atoms with E-state index in [1.807, 2.05) is 6.20 Å². The Morgan fingerprint density at radius 1 is 1.45 bits per heavy atom. The zero-order chi connectivity index (χ0) is 13.9. The molecule has 1 amide bonds. The van der Waals surface area contributed by atoms with Gasteiger partial charge in [-0.05, 0) is 36.5 Å². The summed E-state index contributed by atoms with van der Waals surface area (Å²) < 4.78 is 13.5. The maximum atomic E-state index is 13.5. The number of carbonyl (C=O) groups excluding carboxylic acids is 1. The number of carbonyl (C=O) groups is 1. The molecule has 0 saturated heterocycles. The highest BCUT2D eigenvalue weighted by Crippen LogP contribution is 2.27. The van der Waals surface area contributed by atoms with E-state index < -0.39 is 0 Å². The van der Waals surface area contributed by atoms with Gasteiger partial charge in [0.15, 0.2) is 0 Å². The van der Waals surface area contributed by atoms with Crippen molar-refractivity contribution in [2.75, 3.05) is 0 Å². The van der Waals surface area contributed by atoms with Crippen LogP contribution in [0.15, 0.2) is 30.5 Å². The monoisotopic (exact) mass is 273 g/mol. The Kier molecular flexibility index (Phi) is 3.50. The van der Waals surface area contributed by atoms with Gasteiger partial charge in [-0.15, -0.1) is 0 Å². The molecule has 0 fully saturated rings. The van der Waals surface area contributed by atoms with E-state index in [0.717, 1.165) is 30.5 Å². The lowest BCUT2D eigenvalue weighted by molar-refractivity contribution is -0.121. The minimum absolute atomic E-state index is 0.0412. The van der Waals surface area contributed by atoms with Crippen LogP contribution in [0.5, 0.6) is 0 Å². The van der Waals surface area contributed by atoms with Crippen molar-refractivity contribution in [3.05, 3.63) is 53.1 Å². The molecule has 1 aliphatic rings. The molecule has 5 heteroatoms. The number of fused-ring (bicyclic) bond motifs is 1. The molecule has 0 aliphatic heterocycles. The summed E-state index contributed by atoms with van der Waals surface area (Å²) in [6.45, 7) is 0. The summed E-state index contributed by atoms with van der Waals surface area (Å²) in [4.78, 5) is 12.1. The summed E-state index contributed by atoms with van der Waals surface area (Å²) in [5.41, 5.74) is 2.57. The fourth-order valence-corrected chi connectivity index (χ4v) is 2.67. The number of amides is 1. The quantitative estimate of drug-likeness (QED) is 0.901. The number of nitrogens with zero attached hydrogens (tertiary/aromatic N) is 1. The van der Waals surface area contributed by atoms with Gasteiger partial charge in [-0.3, -0.25) is 9.89 Å². The lowest BCUT2D eigenvalue weighted by Crippen LogP contribution is -2.32. The predicted molar refractivity (Wildman–Crippen MR) is 72.5 cm³/mol. The molecule has 2 aromatic rings. The number of hydrogen-bond acceptors (Lipinski definition) is 2. The second-order valence-electron chi connectivity index (χ2n) is 5.09. The molecule has 0 spiro atoms. The molecule has 1 unspecified atom stereocenters. The molecule has 4 nitrogen and oxygen atoms in total. The van der Waals surface area contributed by atoms with Gasteiger partial charge < -0.3 is 5.32 Å². The van der Waals surface area contributed by atoms with Crippen molar-refractivity contribution >= 4 is 5.91 Å². The van der Waals surface area contributed by atoms with Crippen LogP contribution in [0.2, 0.25) is 0 Å². The highest BCUT2D eigenvalue weighted by atomic mass is 19.1. The van der Waals surface area contributed by atoms with Gasteiger partial charge in [0.2, 0.25) is 5.91 Å². The fraction of sp³-hybridized carbons (Fsp3) is 0.333. The van der Waals surface area contributed by atoms with Gasteiger partial charge in [0.25, 0.3) is 0 Å². The van der Waals surface area contributed by atoms with Crippen molar-refractivity contribution in [1.29, 1.82) is 0 Å². The number of halogens is 1. The number of rotatable bonds is 3. The molecule has 2 N–H and O–H groups in total. The Bertz CT molecular complexity index is 623. The Balaban J connectivity index is 1.68. The van der Waals surface area contributed by atoms with Crippen molar-refractivity contribution in [3.8, 4) is 0 Å². The lowest BCUT2D eigenvalue weighted by Gasteiger charge is -2.22. The predicted octanol–water partition coefficient (Wildman–Crippen LogP) is 2.29. The van der Waals surface area contributed by atoms with E-state index in [1.165, 1.54) is 6.07 Å². The van der Waals surface area contributed by atoms with E-state index in [9.17, 15) is 9.18 Å². The van der Waals surface area contributed by atoms with E-state index in [4.69, 9.17) is 0 Å². The Morgan fingerprint density at radius 3 is 3.15 bits per heavy atom. The third-order valence-corrected chi connectivity index (χ3v) is 3.68. The van der Waals surface area contributed by atoms with Crippen LogP contribution in [-0.4, -0.2) is 16.1 Å². The van der Waals surface area contributed by atoms with E-state index in [1.54, 1.807) is 18.2 Å². The molecular formula is C15H16FN3O. The highest BCUT2D eigenvalue weighted by molar-refractivity contribution is 5.79. The van der Waals surface area contributed by atoms with Crippen LogP contribution in [-0.2, 0) is 17.6 Å². The smallest absolute Gasteiger partial charge is 0.225 e. The van der Waals surface area contributed by atoms with Gasteiger partial charge in [-0.1, -0.05) is 18.2 Å². The number of aromatic amines is 1. The first-order valence-electron chi connectivity index (χ1n) is 6.79.